The third kappa shape index (κ3) is 5.26. The van der Waals surface area contributed by atoms with Gasteiger partial charge in [0, 0.05) is 25.2 Å². The first-order chi connectivity index (χ1) is 9.45. The largest absolute Gasteiger partial charge is 0.313 e. The molecule has 1 N–H and O–H groups in total. The molecule has 0 aliphatic heterocycles. The summed E-state index contributed by atoms with van der Waals surface area (Å²) in [6, 6.07) is 11.8. The molecule has 20 heavy (non-hydrogen) atoms. The standard InChI is InChI=1S/C18H32N2/c1-14(2)12-20(15(3)4)13-16(5)18(19-6)17-10-8-7-9-11-17/h7-11,14-16,18-19H,12-13H2,1-6H3. The van der Waals surface area contributed by atoms with Crippen molar-refractivity contribution in [3.05, 3.63) is 35.9 Å². The summed E-state index contributed by atoms with van der Waals surface area (Å²) < 4.78 is 0. The SMILES string of the molecule is CNC(c1ccccc1)C(C)CN(CC(C)C)C(C)C. The van der Waals surface area contributed by atoms with E-state index in [1.807, 2.05) is 0 Å². The van der Waals surface area contributed by atoms with Crippen LogP contribution < -0.4 is 5.32 Å². The first-order valence-corrected chi connectivity index (χ1v) is 7.92. The van der Waals surface area contributed by atoms with Crippen LogP contribution in [0.3, 0.4) is 0 Å². The van der Waals surface area contributed by atoms with E-state index < -0.39 is 0 Å². The van der Waals surface area contributed by atoms with Gasteiger partial charge in [0.2, 0.25) is 0 Å². The zero-order valence-corrected chi connectivity index (χ0v) is 14.1. The van der Waals surface area contributed by atoms with Gasteiger partial charge >= 0.3 is 0 Å². The van der Waals surface area contributed by atoms with Crippen LogP contribution in [0.4, 0.5) is 0 Å². The van der Waals surface area contributed by atoms with E-state index in [4.69, 9.17) is 0 Å². The van der Waals surface area contributed by atoms with Crippen LogP contribution in [-0.4, -0.2) is 31.1 Å². The molecule has 0 saturated heterocycles. The van der Waals surface area contributed by atoms with Crippen molar-refractivity contribution in [2.45, 2.75) is 46.7 Å². The van der Waals surface area contributed by atoms with Gasteiger partial charge in [-0.05, 0) is 38.3 Å². The molecule has 2 nitrogen and oxygen atoms in total. The number of benzene rings is 1. The normalized spacial score (nSPS) is 15.1. The molecule has 2 atom stereocenters. The van der Waals surface area contributed by atoms with Crippen LogP contribution in [0.5, 0.6) is 0 Å². The molecule has 0 radical (unpaired) electrons. The van der Waals surface area contributed by atoms with Crippen molar-refractivity contribution in [2.75, 3.05) is 20.1 Å². The fourth-order valence-corrected chi connectivity index (χ4v) is 2.88. The van der Waals surface area contributed by atoms with Gasteiger partial charge < -0.3 is 10.2 Å². The summed E-state index contributed by atoms with van der Waals surface area (Å²) in [7, 11) is 2.07. The average Bonchev–Trinajstić information content (AvgIpc) is 2.39. The maximum atomic E-state index is 3.49. The number of hydrogen-bond donors (Lipinski definition) is 1. The Morgan fingerprint density at radius 2 is 1.55 bits per heavy atom. The highest BCUT2D eigenvalue weighted by Crippen LogP contribution is 2.23. The second kappa shape index (κ2) is 8.43. The lowest BCUT2D eigenvalue weighted by molar-refractivity contribution is 0.158. The van der Waals surface area contributed by atoms with Gasteiger partial charge in [0.25, 0.3) is 0 Å². The molecule has 0 aliphatic rings. The molecule has 0 bridgehead atoms. The molecule has 114 valence electrons. The fourth-order valence-electron chi connectivity index (χ4n) is 2.88. The molecule has 1 rings (SSSR count). The topological polar surface area (TPSA) is 15.3 Å². The van der Waals surface area contributed by atoms with Crippen LogP contribution in [0.1, 0.15) is 46.2 Å². The lowest BCUT2D eigenvalue weighted by Crippen LogP contribution is -2.40. The first kappa shape index (κ1) is 17.2. The maximum absolute atomic E-state index is 3.49. The molecule has 0 fully saturated rings. The van der Waals surface area contributed by atoms with Gasteiger partial charge in [0.15, 0.2) is 0 Å². The Labute approximate surface area is 125 Å². The van der Waals surface area contributed by atoms with Gasteiger partial charge in [0.05, 0.1) is 0 Å². The second-order valence-corrected chi connectivity index (χ2v) is 6.60. The minimum atomic E-state index is 0.421. The molecule has 0 heterocycles. The third-order valence-corrected chi connectivity index (χ3v) is 3.89. The van der Waals surface area contributed by atoms with Crippen molar-refractivity contribution in [1.82, 2.24) is 10.2 Å². The van der Waals surface area contributed by atoms with Crippen molar-refractivity contribution < 1.29 is 0 Å². The first-order valence-electron chi connectivity index (χ1n) is 7.92. The summed E-state index contributed by atoms with van der Waals surface area (Å²) in [4.78, 5) is 2.60. The van der Waals surface area contributed by atoms with Gasteiger partial charge in [0.1, 0.15) is 0 Å². The van der Waals surface area contributed by atoms with E-state index in [1.165, 1.54) is 12.1 Å². The van der Waals surface area contributed by atoms with E-state index in [0.717, 1.165) is 12.5 Å². The highest BCUT2D eigenvalue weighted by Gasteiger charge is 2.21. The van der Waals surface area contributed by atoms with Crippen molar-refractivity contribution in [3.63, 3.8) is 0 Å². The van der Waals surface area contributed by atoms with Gasteiger partial charge in [-0.15, -0.1) is 0 Å². The predicted molar refractivity (Wildman–Crippen MR) is 89.0 cm³/mol. The summed E-state index contributed by atoms with van der Waals surface area (Å²) in [5, 5.41) is 3.49. The molecule has 0 aromatic heterocycles. The molecule has 0 saturated carbocycles. The number of nitrogens with zero attached hydrogens (tertiary/aromatic N) is 1. The second-order valence-electron chi connectivity index (χ2n) is 6.60. The van der Waals surface area contributed by atoms with Crippen molar-refractivity contribution in [3.8, 4) is 0 Å². The quantitative estimate of drug-likeness (QED) is 0.773. The van der Waals surface area contributed by atoms with Crippen LogP contribution in [0.15, 0.2) is 30.3 Å². The number of hydrogen-bond acceptors (Lipinski definition) is 2. The van der Waals surface area contributed by atoms with E-state index >= 15 is 0 Å². The van der Waals surface area contributed by atoms with E-state index in [2.05, 4.69) is 82.2 Å². The summed E-state index contributed by atoms with van der Waals surface area (Å²) in [6.45, 7) is 13.9. The zero-order valence-electron chi connectivity index (χ0n) is 14.1. The third-order valence-electron chi connectivity index (χ3n) is 3.89. The highest BCUT2D eigenvalue weighted by molar-refractivity contribution is 5.19. The predicted octanol–water partition coefficient (Wildman–Crippen LogP) is 3.95. The number of nitrogens with one attached hydrogen (secondary N) is 1. The smallest absolute Gasteiger partial charge is 0.0355 e. The molecular formula is C18H32N2. The van der Waals surface area contributed by atoms with Crippen LogP contribution in [-0.2, 0) is 0 Å². The van der Waals surface area contributed by atoms with E-state index in [-0.39, 0.29) is 0 Å². The minimum Gasteiger partial charge on any atom is -0.313 e. The van der Waals surface area contributed by atoms with Gasteiger partial charge in [-0.3, -0.25) is 0 Å². The molecule has 1 aromatic carbocycles. The lowest BCUT2D eigenvalue weighted by atomic mass is 9.93. The average molecular weight is 276 g/mol. The highest BCUT2D eigenvalue weighted by atomic mass is 15.2. The van der Waals surface area contributed by atoms with Crippen LogP contribution in [0, 0.1) is 11.8 Å². The molecule has 0 aliphatic carbocycles. The van der Waals surface area contributed by atoms with Gasteiger partial charge in [-0.2, -0.15) is 0 Å². The van der Waals surface area contributed by atoms with Crippen molar-refractivity contribution in [2.24, 2.45) is 11.8 Å². The van der Waals surface area contributed by atoms with Gasteiger partial charge in [-0.25, -0.2) is 0 Å². The summed E-state index contributed by atoms with van der Waals surface area (Å²) >= 11 is 0. The summed E-state index contributed by atoms with van der Waals surface area (Å²) in [6.07, 6.45) is 0. The van der Waals surface area contributed by atoms with Crippen molar-refractivity contribution in [1.29, 1.82) is 0 Å². The minimum absolute atomic E-state index is 0.421. The van der Waals surface area contributed by atoms with E-state index in [9.17, 15) is 0 Å². The summed E-state index contributed by atoms with van der Waals surface area (Å²) in [5.74, 6) is 1.30. The Morgan fingerprint density at radius 1 is 0.950 bits per heavy atom. The Kier molecular flexibility index (Phi) is 7.25. The Morgan fingerprint density at radius 3 is 2.00 bits per heavy atom. The van der Waals surface area contributed by atoms with Crippen LogP contribution in [0.2, 0.25) is 0 Å². The molecule has 0 amide bonds. The Bertz CT molecular complexity index is 359. The van der Waals surface area contributed by atoms with Crippen LogP contribution >= 0.6 is 0 Å². The monoisotopic (exact) mass is 276 g/mol. The molecule has 2 unspecified atom stereocenters. The zero-order chi connectivity index (χ0) is 15.1. The van der Waals surface area contributed by atoms with Crippen LogP contribution in [0.25, 0.3) is 0 Å². The van der Waals surface area contributed by atoms with E-state index in [1.54, 1.807) is 0 Å². The number of rotatable bonds is 8. The molecule has 1 aromatic rings. The molecular weight excluding hydrogens is 244 g/mol. The lowest BCUT2D eigenvalue weighted by Gasteiger charge is -2.34. The molecule has 0 spiro atoms. The fraction of sp³-hybridized carbons (Fsp3) is 0.667. The van der Waals surface area contributed by atoms with Gasteiger partial charge in [-0.1, -0.05) is 51.1 Å². The summed E-state index contributed by atoms with van der Waals surface area (Å²) in [5.41, 5.74) is 1.38. The van der Waals surface area contributed by atoms with Crippen molar-refractivity contribution >= 4 is 0 Å². The molecule has 2 heteroatoms. The van der Waals surface area contributed by atoms with E-state index in [0.29, 0.717) is 18.0 Å². The Balaban J connectivity index is 2.73. The maximum Gasteiger partial charge on any atom is 0.0355 e. The Hall–Kier alpha value is -0.860.